The Hall–Kier alpha value is -1.62. The molecule has 0 saturated heterocycles. The molecule has 0 heterocycles. The Kier molecular flexibility index (Phi) is 3.03. The van der Waals surface area contributed by atoms with E-state index in [1.54, 1.807) is 0 Å². The van der Waals surface area contributed by atoms with Gasteiger partial charge in [0.25, 0.3) is 5.69 Å². The molecule has 0 aliphatic rings. The number of hydrogen-bond donors (Lipinski definition) is 1. The fourth-order valence-electron chi connectivity index (χ4n) is 0.956. The highest BCUT2D eigenvalue weighted by Gasteiger charge is 2.11. The zero-order valence-electron chi connectivity index (χ0n) is 6.94. The maximum absolute atomic E-state index is 10.3. The van der Waals surface area contributed by atoms with E-state index in [9.17, 15) is 14.9 Å². The van der Waals surface area contributed by atoms with Crippen molar-refractivity contribution in [2.75, 3.05) is 0 Å². The zero-order valence-corrected chi connectivity index (χ0v) is 7.69. The van der Waals surface area contributed by atoms with Crippen molar-refractivity contribution in [2.24, 2.45) is 0 Å². The van der Waals surface area contributed by atoms with Gasteiger partial charge in [-0.2, -0.15) is 0 Å². The summed E-state index contributed by atoms with van der Waals surface area (Å²) in [6, 6.07) is 3.71. The molecule has 1 aromatic carbocycles. The van der Waals surface area contributed by atoms with Crippen LogP contribution in [0, 0.1) is 10.1 Å². The van der Waals surface area contributed by atoms with Crippen LogP contribution in [0.2, 0.25) is 5.02 Å². The summed E-state index contributed by atoms with van der Waals surface area (Å²) in [5, 5.41) is 18.9. The standard InChI is InChI=1S/C8H6ClNO4/c9-7-4-6(10(13)14)2-1-5(7)3-8(11)12/h1-2,4H,3H2,(H,11,12). The van der Waals surface area contributed by atoms with Crippen LogP contribution >= 0.6 is 11.6 Å². The van der Waals surface area contributed by atoms with E-state index in [1.807, 2.05) is 0 Å². The first-order valence-electron chi connectivity index (χ1n) is 3.65. The third-order valence-corrected chi connectivity index (χ3v) is 1.94. The molecule has 0 aliphatic heterocycles. The highest BCUT2D eigenvalue weighted by Crippen LogP contribution is 2.22. The number of carboxylic acid groups (broad SMARTS) is 1. The number of hydrogen-bond acceptors (Lipinski definition) is 3. The maximum Gasteiger partial charge on any atom is 0.307 e. The molecule has 6 heteroatoms. The Morgan fingerprint density at radius 3 is 2.64 bits per heavy atom. The van der Waals surface area contributed by atoms with E-state index in [0.717, 1.165) is 6.07 Å². The van der Waals surface area contributed by atoms with Gasteiger partial charge in [-0.1, -0.05) is 17.7 Å². The third kappa shape index (κ3) is 2.43. The molecular weight excluding hydrogens is 210 g/mol. The monoisotopic (exact) mass is 215 g/mol. The first kappa shape index (κ1) is 10.5. The first-order valence-corrected chi connectivity index (χ1v) is 4.03. The lowest BCUT2D eigenvalue weighted by Gasteiger charge is -1.99. The number of non-ortho nitro benzene ring substituents is 1. The molecule has 0 aliphatic carbocycles. The minimum absolute atomic E-state index is 0.0987. The number of carboxylic acids is 1. The summed E-state index contributed by atoms with van der Waals surface area (Å²) < 4.78 is 0. The van der Waals surface area contributed by atoms with Gasteiger partial charge in [0.2, 0.25) is 0 Å². The van der Waals surface area contributed by atoms with Gasteiger partial charge in [-0.15, -0.1) is 0 Å². The van der Waals surface area contributed by atoms with Gasteiger partial charge < -0.3 is 5.11 Å². The van der Waals surface area contributed by atoms with Gasteiger partial charge >= 0.3 is 5.97 Å². The van der Waals surface area contributed by atoms with Gasteiger partial charge in [0.1, 0.15) is 0 Å². The number of rotatable bonds is 3. The smallest absolute Gasteiger partial charge is 0.307 e. The highest BCUT2D eigenvalue weighted by molar-refractivity contribution is 6.31. The Bertz CT molecular complexity index is 391. The molecule has 0 amide bonds. The van der Waals surface area contributed by atoms with Crippen LogP contribution in [0.1, 0.15) is 5.56 Å². The Labute approximate surface area is 84.1 Å². The normalized spacial score (nSPS) is 9.79. The average Bonchev–Trinajstić information content (AvgIpc) is 2.07. The lowest BCUT2D eigenvalue weighted by Crippen LogP contribution is -2.01. The Morgan fingerprint density at radius 2 is 2.21 bits per heavy atom. The fraction of sp³-hybridized carbons (Fsp3) is 0.125. The molecule has 1 rings (SSSR count). The molecule has 0 unspecified atom stereocenters. The van der Waals surface area contributed by atoms with Crippen LogP contribution in [-0.2, 0) is 11.2 Å². The summed E-state index contributed by atoms with van der Waals surface area (Å²) in [6.45, 7) is 0. The zero-order chi connectivity index (χ0) is 10.7. The topological polar surface area (TPSA) is 80.4 Å². The molecule has 0 spiro atoms. The number of carbonyl (C=O) groups is 1. The fourth-order valence-corrected chi connectivity index (χ4v) is 1.20. The molecular formula is C8H6ClNO4. The second-order valence-corrected chi connectivity index (χ2v) is 3.01. The summed E-state index contributed by atoms with van der Waals surface area (Å²) in [4.78, 5) is 20.1. The quantitative estimate of drug-likeness (QED) is 0.617. The van der Waals surface area contributed by atoms with Crippen molar-refractivity contribution in [1.82, 2.24) is 0 Å². The van der Waals surface area contributed by atoms with Gasteiger partial charge in [0.15, 0.2) is 0 Å². The molecule has 1 aromatic rings. The van der Waals surface area contributed by atoms with Crippen molar-refractivity contribution in [3.05, 3.63) is 38.9 Å². The molecule has 5 nitrogen and oxygen atoms in total. The number of nitrogens with zero attached hydrogens (tertiary/aromatic N) is 1. The van der Waals surface area contributed by atoms with Gasteiger partial charge in [-0.25, -0.2) is 0 Å². The Morgan fingerprint density at radius 1 is 1.57 bits per heavy atom. The van der Waals surface area contributed by atoms with Crippen LogP contribution in [0.15, 0.2) is 18.2 Å². The van der Waals surface area contributed by atoms with E-state index >= 15 is 0 Å². The number of nitro groups is 1. The third-order valence-electron chi connectivity index (χ3n) is 1.59. The van der Waals surface area contributed by atoms with Gasteiger partial charge in [-0.05, 0) is 5.56 Å². The minimum atomic E-state index is -1.03. The molecule has 0 atom stereocenters. The van der Waals surface area contributed by atoms with Crippen LogP contribution in [-0.4, -0.2) is 16.0 Å². The molecule has 0 saturated carbocycles. The van der Waals surface area contributed by atoms with Crippen molar-refractivity contribution in [1.29, 1.82) is 0 Å². The molecule has 0 fully saturated rings. The van der Waals surface area contributed by atoms with Crippen LogP contribution < -0.4 is 0 Å². The summed E-state index contributed by atoms with van der Waals surface area (Å²) in [5.74, 6) is -1.03. The van der Waals surface area contributed by atoms with Gasteiger partial charge in [0, 0.05) is 12.1 Å². The predicted molar refractivity (Wildman–Crippen MR) is 49.4 cm³/mol. The van der Waals surface area contributed by atoms with Gasteiger partial charge in [-0.3, -0.25) is 14.9 Å². The largest absolute Gasteiger partial charge is 0.481 e. The molecule has 1 N–H and O–H groups in total. The molecule has 0 aromatic heterocycles. The highest BCUT2D eigenvalue weighted by atomic mass is 35.5. The lowest BCUT2D eigenvalue weighted by atomic mass is 10.1. The maximum atomic E-state index is 10.3. The average molecular weight is 216 g/mol. The van der Waals surface area contributed by atoms with Gasteiger partial charge in [0.05, 0.1) is 16.4 Å². The second-order valence-electron chi connectivity index (χ2n) is 2.60. The number of benzene rings is 1. The summed E-state index contributed by atoms with van der Waals surface area (Å²) in [6.07, 6.45) is -0.239. The minimum Gasteiger partial charge on any atom is -0.481 e. The summed E-state index contributed by atoms with van der Waals surface area (Å²) in [7, 11) is 0. The van der Waals surface area contributed by atoms with Crippen molar-refractivity contribution in [2.45, 2.75) is 6.42 Å². The van der Waals surface area contributed by atoms with E-state index < -0.39 is 10.9 Å². The van der Waals surface area contributed by atoms with E-state index in [4.69, 9.17) is 16.7 Å². The second kappa shape index (κ2) is 4.06. The van der Waals surface area contributed by atoms with E-state index in [0.29, 0.717) is 5.56 Å². The van der Waals surface area contributed by atoms with Crippen LogP contribution in [0.5, 0.6) is 0 Å². The summed E-state index contributed by atoms with van der Waals surface area (Å²) >= 11 is 5.65. The first-order chi connectivity index (χ1) is 6.50. The molecule has 0 bridgehead atoms. The van der Waals surface area contributed by atoms with Crippen LogP contribution in [0.25, 0.3) is 0 Å². The number of halogens is 1. The van der Waals surface area contributed by atoms with E-state index in [1.165, 1.54) is 12.1 Å². The molecule has 0 radical (unpaired) electrons. The number of aliphatic carboxylic acids is 1. The molecule has 14 heavy (non-hydrogen) atoms. The SMILES string of the molecule is O=C(O)Cc1ccc([N+](=O)[O-])cc1Cl. The van der Waals surface area contributed by atoms with Crippen molar-refractivity contribution in [3.63, 3.8) is 0 Å². The number of nitro benzene ring substituents is 1. The van der Waals surface area contributed by atoms with E-state index in [-0.39, 0.29) is 17.1 Å². The predicted octanol–water partition coefficient (Wildman–Crippen LogP) is 1.88. The van der Waals surface area contributed by atoms with Crippen molar-refractivity contribution >= 4 is 23.3 Å². The summed E-state index contributed by atoms with van der Waals surface area (Å²) in [5.41, 5.74) is 0.217. The lowest BCUT2D eigenvalue weighted by molar-refractivity contribution is -0.384. The van der Waals surface area contributed by atoms with Crippen LogP contribution in [0.4, 0.5) is 5.69 Å². The molecule has 74 valence electrons. The Balaban J connectivity index is 3.01. The van der Waals surface area contributed by atoms with Crippen molar-refractivity contribution in [3.8, 4) is 0 Å². The van der Waals surface area contributed by atoms with Crippen molar-refractivity contribution < 1.29 is 14.8 Å². The van der Waals surface area contributed by atoms with Crippen LogP contribution in [0.3, 0.4) is 0 Å². The van der Waals surface area contributed by atoms with E-state index in [2.05, 4.69) is 0 Å².